The van der Waals surface area contributed by atoms with Gasteiger partial charge in [0.2, 0.25) is 5.88 Å². The summed E-state index contributed by atoms with van der Waals surface area (Å²) in [4.78, 5) is 16.9. The van der Waals surface area contributed by atoms with Crippen molar-refractivity contribution in [2.45, 2.75) is 6.04 Å². The Morgan fingerprint density at radius 1 is 0.974 bits per heavy atom. The number of nitrogens with zero attached hydrogens (tertiary/aromatic N) is 6. The summed E-state index contributed by atoms with van der Waals surface area (Å²) in [7, 11) is 3.11. The molecule has 2 aromatic carbocycles. The largest absolute Gasteiger partial charge is 0.495 e. The Bertz CT molecular complexity index is 1620. The van der Waals surface area contributed by atoms with Crippen LogP contribution in [0.25, 0.3) is 16.6 Å². The predicted molar refractivity (Wildman–Crippen MR) is 142 cm³/mol. The fourth-order valence-corrected chi connectivity index (χ4v) is 4.03. The van der Waals surface area contributed by atoms with E-state index in [1.807, 2.05) is 12.1 Å². The number of halogens is 1. The molecule has 3 N–H and O–H groups in total. The van der Waals surface area contributed by atoms with Crippen molar-refractivity contribution in [1.29, 1.82) is 0 Å². The summed E-state index contributed by atoms with van der Waals surface area (Å²) < 4.78 is 32.7. The molecule has 1 aliphatic heterocycles. The van der Waals surface area contributed by atoms with Crippen LogP contribution in [-0.4, -0.2) is 63.1 Å². The van der Waals surface area contributed by atoms with Crippen LogP contribution in [0.15, 0.2) is 61.3 Å². The van der Waals surface area contributed by atoms with Crippen LogP contribution in [0.3, 0.4) is 0 Å². The summed E-state index contributed by atoms with van der Waals surface area (Å²) in [6.07, 6.45) is 6.22. The van der Waals surface area contributed by atoms with Crippen molar-refractivity contribution in [1.82, 2.24) is 35.0 Å². The molecule has 0 radical (unpaired) electrons. The minimum atomic E-state index is -0.567. The van der Waals surface area contributed by atoms with Gasteiger partial charge < -0.3 is 30.2 Å². The molecule has 0 unspecified atom stereocenters. The van der Waals surface area contributed by atoms with Gasteiger partial charge in [0, 0.05) is 48.6 Å². The highest BCUT2D eigenvalue weighted by Crippen LogP contribution is 2.34. The molecule has 1 saturated heterocycles. The van der Waals surface area contributed by atoms with E-state index < -0.39 is 5.82 Å². The lowest BCUT2D eigenvalue weighted by Gasteiger charge is -2.29. The SMILES string of the molecule is COc1ncc(-n2ccc(Oc3ccc(Nc4ncnc5cc(OC)c(NC6CNC6)cc45)cc3F)n2)cn1. The number of aromatic nitrogens is 6. The minimum absolute atomic E-state index is 0.0228. The molecular weight excluding hydrogens is 505 g/mol. The van der Waals surface area contributed by atoms with Gasteiger partial charge in [0.25, 0.3) is 0 Å². The van der Waals surface area contributed by atoms with E-state index in [1.54, 1.807) is 37.8 Å². The van der Waals surface area contributed by atoms with Crippen molar-refractivity contribution >= 4 is 28.1 Å². The van der Waals surface area contributed by atoms with E-state index in [1.165, 1.54) is 30.3 Å². The van der Waals surface area contributed by atoms with Crippen LogP contribution < -0.4 is 30.2 Å². The molecule has 4 heterocycles. The number of benzene rings is 2. The molecule has 12 nitrogen and oxygen atoms in total. The zero-order valence-electron chi connectivity index (χ0n) is 21.1. The van der Waals surface area contributed by atoms with E-state index in [0.29, 0.717) is 34.5 Å². The molecule has 5 aromatic rings. The van der Waals surface area contributed by atoms with Crippen molar-refractivity contribution in [2.75, 3.05) is 37.9 Å². The molecule has 6 rings (SSSR count). The summed E-state index contributed by atoms with van der Waals surface area (Å²) >= 11 is 0. The summed E-state index contributed by atoms with van der Waals surface area (Å²) in [6, 6.07) is 10.5. The number of anilines is 3. The quantitative estimate of drug-likeness (QED) is 0.258. The standard InChI is InChI=1S/C26H24FN9O3/c1-37-23-9-20-18(8-21(23)33-16-10-28-11-16)25(32-14-31-20)34-15-3-4-22(19(27)7-15)39-24-5-6-36(35-24)17-12-29-26(38-2)30-13-17/h3-9,12-14,16,28,33H,10-11H2,1-2H3,(H,31,32,34). The maximum atomic E-state index is 15.0. The van der Waals surface area contributed by atoms with Gasteiger partial charge in [-0.25, -0.2) is 29.0 Å². The molecule has 0 spiro atoms. The summed E-state index contributed by atoms with van der Waals surface area (Å²) in [5, 5.41) is 15.0. The predicted octanol–water partition coefficient (Wildman–Crippen LogP) is 3.68. The first-order chi connectivity index (χ1) is 19.1. The molecule has 0 saturated carbocycles. The third kappa shape index (κ3) is 5.07. The number of rotatable bonds is 9. The molecule has 39 heavy (non-hydrogen) atoms. The van der Waals surface area contributed by atoms with E-state index in [-0.39, 0.29) is 17.6 Å². The lowest BCUT2D eigenvalue weighted by molar-refractivity contribution is 0.379. The Balaban J connectivity index is 1.20. The number of methoxy groups -OCH3 is 2. The van der Waals surface area contributed by atoms with Crippen LogP contribution in [0.5, 0.6) is 23.4 Å². The number of hydrogen-bond acceptors (Lipinski definition) is 11. The fraction of sp³-hybridized carbons (Fsp3) is 0.192. The van der Waals surface area contributed by atoms with Gasteiger partial charge in [0.1, 0.15) is 23.6 Å². The zero-order valence-corrected chi connectivity index (χ0v) is 21.1. The number of nitrogens with one attached hydrogen (secondary N) is 3. The van der Waals surface area contributed by atoms with E-state index >= 15 is 4.39 Å². The molecule has 0 amide bonds. The van der Waals surface area contributed by atoms with Gasteiger partial charge in [0.15, 0.2) is 11.6 Å². The molecule has 0 aliphatic carbocycles. The number of fused-ring (bicyclic) bond motifs is 1. The molecule has 13 heteroatoms. The van der Waals surface area contributed by atoms with Gasteiger partial charge in [-0.3, -0.25) is 0 Å². The Morgan fingerprint density at radius 3 is 2.54 bits per heavy atom. The second kappa shape index (κ2) is 10.4. The van der Waals surface area contributed by atoms with Crippen LogP contribution in [0.2, 0.25) is 0 Å². The fourth-order valence-electron chi connectivity index (χ4n) is 4.03. The molecule has 1 aliphatic rings. The molecule has 3 aromatic heterocycles. The van der Waals surface area contributed by atoms with Crippen molar-refractivity contribution in [3.05, 3.63) is 67.1 Å². The number of hydrogen-bond donors (Lipinski definition) is 3. The molecule has 0 atom stereocenters. The third-order valence-electron chi connectivity index (χ3n) is 6.13. The maximum absolute atomic E-state index is 15.0. The van der Waals surface area contributed by atoms with Gasteiger partial charge in [-0.1, -0.05) is 0 Å². The van der Waals surface area contributed by atoms with Gasteiger partial charge in [-0.15, -0.1) is 5.10 Å². The third-order valence-corrected chi connectivity index (χ3v) is 6.13. The first kappa shape index (κ1) is 24.3. The molecular formula is C26H24FN9O3. The monoisotopic (exact) mass is 529 g/mol. The van der Waals surface area contributed by atoms with E-state index in [0.717, 1.165) is 24.2 Å². The first-order valence-electron chi connectivity index (χ1n) is 12.1. The van der Waals surface area contributed by atoms with Crippen molar-refractivity contribution < 1.29 is 18.6 Å². The van der Waals surface area contributed by atoms with Crippen LogP contribution >= 0.6 is 0 Å². The van der Waals surface area contributed by atoms with Crippen LogP contribution in [0, 0.1) is 5.82 Å². The zero-order chi connectivity index (χ0) is 26.8. The minimum Gasteiger partial charge on any atom is -0.495 e. The second-order valence-electron chi connectivity index (χ2n) is 8.69. The summed E-state index contributed by atoms with van der Waals surface area (Å²) in [5.41, 5.74) is 2.63. The van der Waals surface area contributed by atoms with Gasteiger partial charge >= 0.3 is 6.01 Å². The van der Waals surface area contributed by atoms with Gasteiger partial charge in [-0.05, 0) is 18.2 Å². The van der Waals surface area contributed by atoms with Crippen molar-refractivity contribution in [2.24, 2.45) is 0 Å². The van der Waals surface area contributed by atoms with Crippen molar-refractivity contribution in [3.63, 3.8) is 0 Å². The maximum Gasteiger partial charge on any atom is 0.316 e. The molecule has 0 bridgehead atoms. The lowest BCUT2D eigenvalue weighted by atomic mass is 10.1. The second-order valence-corrected chi connectivity index (χ2v) is 8.69. The highest BCUT2D eigenvalue weighted by Gasteiger charge is 2.19. The van der Waals surface area contributed by atoms with E-state index in [4.69, 9.17) is 14.2 Å². The average Bonchev–Trinajstić information content (AvgIpc) is 3.40. The van der Waals surface area contributed by atoms with E-state index in [2.05, 4.69) is 41.0 Å². The summed E-state index contributed by atoms with van der Waals surface area (Å²) in [6.45, 7) is 1.75. The van der Waals surface area contributed by atoms with Crippen LogP contribution in [-0.2, 0) is 0 Å². The molecule has 198 valence electrons. The normalized spacial score (nSPS) is 13.1. The Kier molecular flexibility index (Phi) is 6.47. The number of ether oxygens (including phenoxy) is 3. The Labute approximate surface area is 222 Å². The summed E-state index contributed by atoms with van der Waals surface area (Å²) in [5.74, 6) is 0.888. The van der Waals surface area contributed by atoms with E-state index in [9.17, 15) is 0 Å². The average molecular weight is 530 g/mol. The topological polar surface area (TPSA) is 133 Å². The molecule has 1 fully saturated rings. The highest BCUT2D eigenvalue weighted by molar-refractivity contribution is 5.95. The highest BCUT2D eigenvalue weighted by atomic mass is 19.1. The van der Waals surface area contributed by atoms with Crippen molar-refractivity contribution in [3.8, 4) is 29.1 Å². The van der Waals surface area contributed by atoms with Crippen LogP contribution in [0.4, 0.5) is 21.6 Å². The van der Waals surface area contributed by atoms with Crippen LogP contribution in [0.1, 0.15) is 0 Å². The first-order valence-corrected chi connectivity index (χ1v) is 12.1. The lowest BCUT2D eigenvalue weighted by Crippen LogP contribution is -2.51. The Hall–Kier alpha value is -5.04. The van der Waals surface area contributed by atoms with Gasteiger partial charge in [-0.2, -0.15) is 0 Å². The van der Waals surface area contributed by atoms with Gasteiger partial charge in [0.05, 0.1) is 43.9 Å². The Morgan fingerprint density at radius 2 is 1.82 bits per heavy atom. The smallest absolute Gasteiger partial charge is 0.316 e.